The Balaban J connectivity index is 1.85. The predicted octanol–water partition coefficient (Wildman–Crippen LogP) is 5.58. The van der Waals surface area contributed by atoms with Crippen molar-refractivity contribution in [1.29, 1.82) is 0 Å². The van der Waals surface area contributed by atoms with Crippen molar-refractivity contribution in [3.63, 3.8) is 0 Å². The number of ether oxygens (including phenoxy) is 1. The zero-order chi connectivity index (χ0) is 25.2. The Hall–Kier alpha value is -3.63. The summed E-state index contributed by atoms with van der Waals surface area (Å²) < 4.78 is 70.0. The van der Waals surface area contributed by atoms with Crippen molar-refractivity contribution in [3.8, 4) is 5.75 Å². The maximum absolute atomic E-state index is 13.7. The van der Waals surface area contributed by atoms with E-state index >= 15 is 0 Å². The molecule has 3 aromatic carbocycles. The molecule has 0 aliphatic rings. The number of rotatable bonds is 7. The van der Waals surface area contributed by atoms with E-state index in [-0.39, 0.29) is 17.3 Å². The molecule has 0 bridgehead atoms. The van der Waals surface area contributed by atoms with Gasteiger partial charge in [-0.2, -0.15) is 0 Å². The number of pyridine rings is 1. The minimum absolute atomic E-state index is 0.00327. The van der Waals surface area contributed by atoms with Crippen LogP contribution < -0.4 is 9.04 Å². The maximum Gasteiger partial charge on any atom is 0.573 e. The van der Waals surface area contributed by atoms with Gasteiger partial charge in [-0.1, -0.05) is 54.6 Å². The quantitative estimate of drug-likeness (QED) is 0.357. The highest BCUT2D eigenvalue weighted by molar-refractivity contribution is 7.92. The molecule has 182 valence electrons. The van der Waals surface area contributed by atoms with E-state index in [1.54, 1.807) is 42.5 Å². The Kier molecular flexibility index (Phi) is 6.68. The molecule has 1 heterocycles. The molecule has 35 heavy (non-hydrogen) atoms. The summed E-state index contributed by atoms with van der Waals surface area (Å²) in [5.41, 5.74) is 0.713. The standard InChI is InChI=1S/C25H21F3N2O4S/c1-17(31)23-22-10-6-5-7-19(22)15-29-24(23)30(35(32,33)21-8-3-2-4-9-21)16-18-11-13-20(14-12-18)34-25(26,27)28/h2-15,17,31H,16H2,1H3. The van der Waals surface area contributed by atoms with E-state index < -0.39 is 28.2 Å². The predicted molar refractivity (Wildman–Crippen MR) is 125 cm³/mol. The molecule has 4 aromatic rings. The molecule has 1 unspecified atom stereocenters. The third kappa shape index (κ3) is 5.39. The van der Waals surface area contributed by atoms with Gasteiger partial charge < -0.3 is 9.84 Å². The molecule has 0 saturated carbocycles. The molecule has 0 aliphatic carbocycles. The number of nitrogens with zero attached hydrogens (tertiary/aromatic N) is 2. The smallest absolute Gasteiger partial charge is 0.406 e. The van der Waals surface area contributed by atoms with Crippen molar-refractivity contribution in [2.24, 2.45) is 0 Å². The Morgan fingerprint density at radius 2 is 1.60 bits per heavy atom. The van der Waals surface area contributed by atoms with Crippen LogP contribution in [-0.2, 0) is 16.6 Å². The Labute approximate surface area is 200 Å². The summed E-state index contributed by atoms with van der Waals surface area (Å²) in [6.45, 7) is 1.28. The second kappa shape index (κ2) is 9.55. The molecule has 0 spiro atoms. The van der Waals surface area contributed by atoms with E-state index in [1.165, 1.54) is 37.4 Å². The average Bonchev–Trinajstić information content (AvgIpc) is 2.82. The summed E-state index contributed by atoms with van der Waals surface area (Å²) in [6.07, 6.45) is -4.38. The monoisotopic (exact) mass is 502 g/mol. The first kappa shape index (κ1) is 24.5. The van der Waals surface area contributed by atoms with Crippen molar-refractivity contribution < 1.29 is 31.4 Å². The third-order valence-corrected chi connectivity index (χ3v) is 7.04. The van der Waals surface area contributed by atoms with Gasteiger partial charge in [-0.25, -0.2) is 17.7 Å². The number of benzene rings is 3. The van der Waals surface area contributed by atoms with Crippen LogP contribution in [0, 0.1) is 0 Å². The summed E-state index contributed by atoms with van der Waals surface area (Å²) in [4.78, 5) is 4.40. The fourth-order valence-electron chi connectivity index (χ4n) is 3.74. The normalized spacial score (nSPS) is 12.9. The molecule has 0 amide bonds. The molecule has 0 radical (unpaired) electrons. The lowest BCUT2D eigenvalue weighted by atomic mass is 10.0. The van der Waals surface area contributed by atoms with Gasteiger partial charge in [-0.05, 0) is 42.1 Å². The van der Waals surface area contributed by atoms with E-state index in [0.717, 1.165) is 21.8 Å². The van der Waals surface area contributed by atoms with Gasteiger partial charge in [0.05, 0.1) is 17.5 Å². The summed E-state index contributed by atoms with van der Waals surface area (Å²) in [7, 11) is -4.17. The zero-order valence-electron chi connectivity index (χ0n) is 18.5. The van der Waals surface area contributed by atoms with Crippen LogP contribution >= 0.6 is 0 Å². The number of anilines is 1. The molecule has 4 rings (SSSR count). The number of alkyl halides is 3. The van der Waals surface area contributed by atoms with E-state index in [9.17, 15) is 26.7 Å². The highest BCUT2D eigenvalue weighted by atomic mass is 32.2. The van der Waals surface area contributed by atoms with E-state index in [0.29, 0.717) is 16.5 Å². The first-order valence-electron chi connectivity index (χ1n) is 10.5. The molecular weight excluding hydrogens is 481 g/mol. The van der Waals surface area contributed by atoms with Gasteiger partial charge in [0.25, 0.3) is 10.0 Å². The molecule has 6 nitrogen and oxygen atoms in total. The number of hydrogen-bond donors (Lipinski definition) is 1. The van der Waals surface area contributed by atoms with Crippen molar-refractivity contribution in [3.05, 3.63) is 96.2 Å². The lowest BCUT2D eigenvalue weighted by molar-refractivity contribution is -0.274. The Bertz CT molecular complexity index is 1430. The van der Waals surface area contributed by atoms with Gasteiger partial charge in [0.2, 0.25) is 0 Å². The van der Waals surface area contributed by atoms with Gasteiger partial charge in [-0.15, -0.1) is 13.2 Å². The number of aliphatic hydroxyl groups is 1. The number of halogens is 3. The van der Waals surface area contributed by atoms with Gasteiger partial charge in [-0.3, -0.25) is 0 Å². The molecule has 0 aliphatic heterocycles. The first-order valence-corrected chi connectivity index (χ1v) is 12.0. The number of sulfonamides is 1. The van der Waals surface area contributed by atoms with Crippen molar-refractivity contribution in [1.82, 2.24) is 4.98 Å². The summed E-state index contributed by atoms with van der Waals surface area (Å²) in [5.74, 6) is -0.398. The molecule has 1 aromatic heterocycles. The van der Waals surface area contributed by atoms with E-state index in [1.807, 2.05) is 0 Å². The fraction of sp³-hybridized carbons (Fsp3) is 0.160. The largest absolute Gasteiger partial charge is 0.573 e. The van der Waals surface area contributed by atoms with Gasteiger partial charge in [0, 0.05) is 17.1 Å². The fourth-order valence-corrected chi connectivity index (χ4v) is 5.19. The van der Waals surface area contributed by atoms with Crippen LogP contribution in [-0.4, -0.2) is 24.9 Å². The molecule has 10 heteroatoms. The van der Waals surface area contributed by atoms with Gasteiger partial charge in [0.1, 0.15) is 11.6 Å². The lowest BCUT2D eigenvalue weighted by Crippen LogP contribution is -2.32. The summed E-state index contributed by atoms with van der Waals surface area (Å²) >= 11 is 0. The van der Waals surface area contributed by atoms with Crippen LogP contribution in [0.2, 0.25) is 0 Å². The molecule has 0 fully saturated rings. The lowest BCUT2D eigenvalue weighted by Gasteiger charge is -2.27. The summed E-state index contributed by atoms with van der Waals surface area (Å²) in [5, 5.41) is 12.0. The van der Waals surface area contributed by atoms with E-state index in [2.05, 4.69) is 9.72 Å². The van der Waals surface area contributed by atoms with E-state index in [4.69, 9.17) is 0 Å². The summed E-state index contributed by atoms with van der Waals surface area (Å²) in [6, 6.07) is 19.8. The molecule has 1 N–H and O–H groups in total. The number of aromatic nitrogens is 1. The highest BCUT2D eigenvalue weighted by Gasteiger charge is 2.32. The minimum Gasteiger partial charge on any atom is -0.406 e. The third-order valence-electron chi connectivity index (χ3n) is 5.29. The maximum atomic E-state index is 13.7. The molecular formula is C25H21F3N2O4S. The van der Waals surface area contributed by atoms with Crippen LogP contribution in [0.25, 0.3) is 10.8 Å². The van der Waals surface area contributed by atoms with Crippen LogP contribution in [0.1, 0.15) is 24.2 Å². The second-order valence-corrected chi connectivity index (χ2v) is 9.64. The van der Waals surface area contributed by atoms with Crippen molar-refractivity contribution >= 4 is 26.6 Å². The first-order chi connectivity index (χ1) is 16.6. The van der Waals surface area contributed by atoms with Crippen LogP contribution in [0.15, 0.2) is 90.0 Å². The number of aliphatic hydroxyl groups excluding tert-OH is 1. The number of fused-ring (bicyclic) bond motifs is 1. The van der Waals surface area contributed by atoms with Crippen molar-refractivity contribution in [2.45, 2.75) is 30.8 Å². The molecule has 1 atom stereocenters. The topological polar surface area (TPSA) is 79.7 Å². The average molecular weight is 503 g/mol. The SMILES string of the molecule is CC(O)c1c(N(Cc2ccc(OC(F)(F)F)cc2)S(=O)(=O)c2ccccc2)ncc2ccccc12. The minimum atomic E-state index is -4.84. The number of hydrogen-bond acceptors (Lipinski definition) is 5. The highest BCUT2D eigenvalue weighted by Crippen LogP contribution is 2.35. The zero-order valence-corrected chi connectivity index (χ0v) is 19.3. The Morgan fingerprint density at radius 1 is 0.971 bits per heavy atom. The van der Waals surface area contributed by atoms with Crippen molar-refractivity contribution in [2.75, 3.05) is 4.31 Å². The van der Waals surface area contributed by atoms with Crippen LogP contribution in [0.5, 0.6) is 5.75 Å². The molecule has 0 saturated heterocycles. The van der Waals surface area contributed by atoms with Crippen LogP contribution in [0.3, 0.4) is 0 Å². The van der Waals surface area contributed by atoms with Gasteiger partial charge >= 0.3 is 6.36 Å². The van der Waals surface area contributed by atoms with Gasteiger partial charge in [0.15, 0.2) is 0 Å². The van der Waals surface area contributed by atoms with Crippen LogP contribution in [0.4, 0.5) is 19.0 Å². The Morgan fingerprint density at radius 3 is 2.23 bits per heavy atom. The second-order valence-electron chi connectivity index (χ2n) is 7.78.